The first kappa shape index (κ1) is 30.4. The average Bonchev–Trinajstić information content (AvgIpc) is 3.22. The van der Waals surface area contributed by atoms with Crippen LogP contribution in [0.4, 0.5) is 17.1 Å². The fraction of sp³-hybridized carbons (Fsp3) is 0. The number of benzene rings is 9. The summed E-state index contributed by atoms with van der Waals surface area (Å²) in [6, 6.07) is 76.7. The Labute approximate surface area is 299 Å². The first-order chi connectivity index (χ1) is 25.3. The van der Waals surface area contributed by atoms with Gasteiger partial charge in [0.25, 0.3) is 0 Å². The van der Waals surface area contributed by atoms with Crippen molar-refractivity contribution in [3.63, 3.8) is 0 Å². The standard InChI is InChI=1S/C50H35N/c1-4-15-36(16-5-1)39-27-29-44(30-28-39)51(46-33-42(37-17-6-2-7-18-37)31-43(34-46)38-19-8-3-9-20-38)45-23-14-22-40(32-45)50-35-41-21-10-11-24-47(41)48-25-12-13-26-49(48)50/h1-35H. The smallest absolute Gasteiger partial charge is 0.0473 e. The third-order valence-corrected chi connectivity index (χ3v) is 9.81. The zero-order valence-corrected chi connectivity index (χ0v) is 28.2. The van der Waals surface area contributed by atoms with E-state index in [-0.39, 0.29) is 0 Å². The second kappa shape index (κ2) is 13.3. The Balaban J connectivity index is 1.26. The van der Waals surface area contributed by atoms with Crippen molar-refractivity contribution in [2.75, 3.05) is 4.90 Å². The molecule has 9 rings (SSSR count). The predicted molar refractivity (Wildman–Crippen MR) is 218 cm³/mol. The van der Waals surface area contributed by atoms with E-state index in [1.54, 1.807) is 0 Å². The first-order valence-electron chi connectivity index (χ1n) is 17.5. The molecule has 0 heterocycles. The molecule has 0 atom stereocenters. The highest BCUT2D eigenvalue weighted by molar-refractivity contribution is 6.14. The van der Waals surface area contributed by atoms with Crippen LogP contribution in [0.15, 0.2) is 212 Å². The zero-order valence-electron chi connectivity index (χ0n) is 28.2. The molecule has 9 aromatic carbocycles. The van der Waals surface area contributed by atoms with Crippen LogP contribution < -0.4 is 4.90 Å². The molecule has 0 bridgehead atoms. The maximum absolute atomic E-state index is 2.40. The molecule has 0 spiro atoms. The minimum absolute atomic E-state index is 1.10. The van der Waals surface area contributed by atoms with Crippen molar-refractivity contribution in [3.8, 4) is 44.5 Å². The van der Waals surface area contributed by atoms with Crippen LogP contribution in [0.2, 0.25) is 0 Å². The average molecular weight is 650 g/mol. The van der Waals surface area contributed by atoms with E-state index < -0.39 is 0 Å². The van der Waals surface area contributed by atoms with E-state index in [2.05, 4.69) is 217 Å². The van der Waals surface area contributed by atoms with Gasteiger partial charge in [0.15, 0.2) is 0 Å². The van der Waals surface area contributed by atoms with Gasteiger partial charge in [-0.3, -0.25) is 0 Å². The summed E-state index contributed by atoms with van der Waals surface area (Å²) in [5.74, 6) is 0. The molecule has 0 aromatic heterocycles. The highest BCUT2D eigenvalue weighted by Gasteiger charge is 2.18. The number of nitrogens with zero attached hydrogens (tertiary/aromatic N) is 1. The van der Waals surface area contributed by atoms with Gasteiger partial charge < -0.3 is 4.90 Å². The summed E-state index contributed by atoms with van der Waals surface area (Å²) in [4.78, 5) is 2.40. The Hall–Kier alpha value is -6.70. The molecule has 0 fully saturated rings. The third kappa shape index (κ3) is 5.96. The van der Waals surface area contributed by atoms with E-state index in [4.69, 9.17) is 0 Å². The minimum atomic E-state index is 1.10. The monoisotopic (exact) mass is 649 g/mol. The summed E-state index contributed by atoms with van der Waals surface area (Å²) in [6.45, 7) is 0. The lowest BCUT2D eigenvalue weighted by molar-refractivity contribution is 1.28. The fourth-order valence-electron chi connectivity index (χ4n) is 7.32. The van der Waals surface area contributed by atoms with Crippen LogP contribution in [0.25, 0.3) is 66.1 Å². The second-order valence-electron chi connectivity index (χ2n) is 13.0. The van der Waals surface area contributed by atoms with Crippen molar-refractivity contribution < 1.29 is 0 Å². The lowest BCUT2D eigenvalue weighted by atomic mass is 9.93. The van der Waals surface area contributed by atoms with Crippen LogP contribution in [0.5, 0.6) is 0 Å². The highest BCUT2D eigenvalue weighted by Crippen LogP contribution is 2.42. The van der Waals surface area contributed by atoms with Crippen molar-refractivity contribution in [2.24, 2.45) is 0 Å². The predicted octanol–water partition coefficient (Wildman–Crippen LogP) is 14.1. The summed E-state index contributed by atoms with van der Waals surface area (Å²) in [5, 5.41) is 5.05. The van der Waals surface area contributed by atoms with Gasteiger partial charge in [0.1, 0.15) is 0 Å². The molecule has 240 valence electrons. The number of fused-ring (bicyclic) bond motifs is 3. The molecule has 0 unspecified atom stereocenters. The molecule has 1 nitrogen and oxygen atoms in total. The van der Waals surface area contributed by atoms with Gasteiger partial charge in [-0.05, 0) is 115 Å². The first-order valence-corrected chi connectivity index (χ1v) is 17.5. The number of anilines is 3. The van der Waals surface area contributed by atoms with Gasteiger partial charge >= 0.3 is 0 Å². The van der Waals surface area contributed by atoms with Crippen molar-refractivity contribution >= 4 is 38.6 Å². The second-order valence-corrected chi connectivity index (χ2v) is 13.0. The summed E-state index contributed by atoms with van der Waals surface area (Å²) >= 11 is 0. The molecular weight excluding hydrogens is 615 g/mol. The summed E-state index contributed by atoms with van der Waals surface area (Å²) in [6.07, 6.45) is 0. The Kier molecular flexibility index (Phi) is 7.92. The van der Waals surface area contributed by atoms with E-state index in [1.165, 1.54) is 66.1 Å². The Morgan fingerprint density at radius 2 is 0.706 bits per heavy atom. The summed E-state index contributed by atoms with van der Waals surface area (Å²) < 4.78 is 0. The molecule has 0 saturated heterocycles. The molecule has 9 aromatic rings. The van der Waals surface area contributed by atoms with Crippen LogP contribution >= 0.6 is 0 Å². The van der Waals surface area contributed by atoms with E-state index in [0.717, 1.165) is 17.1 Å². The number of hydrogen-bond acceptors (Lipinski definition) is 1. The summed E-state index contributed by atoms with van der Waals surface area (Å²) in [5.41, 5.74) is 12.8. The van der Waals surface area contributed by atoms with E-state index in [0.29, 0.717) is 0 Å². The van der Waals surface area contributed by atoms with Crippen LogP contribution in [-0.4, -0.2) is 0 Å². The Morgan fingerprint density at radius 1 is 0.235 bits per heavy atom. The lowest BCUT2D eigenvalue weighted by Gasteiger charge is -2.28. The van der Waals surface area contributed by atoms with Crippen molar-refractivity contribution in [2.45, 2.75) is 0 Å². The minimum Gasteiger partial charge on any atom is -0.310 e. The molecule has 0 radical (unpaired) electrons. The van der Waals surface area contributed by atoms with E-state index in [1.807, 2.05) is 0 Å². The van der Waals surface area contributed by atoms with Crippen molar-refractivity contribution in [1.82, 2.24) is 0 Å². The number of rotatable bonds is 7. The largest absolute Gasteiger partial charge is 0.310 e. The molecule has 0 aliphatic heterocycles. The normalized spacial score (nSPS) is 11.1. The lowest BCUT2D eigenvalue weighted by Crippen LogP contribution is -2.10. The van der Waals surface area contributed by atoms with Gasteiger partial charge in [-0.2, -0.15) is 0 Å². The SMILES string of the molecule is c1ccc(-c2ccc(N(c3cc(-c4ccccc4)cc(-c4ccccc4)c3)c3cccc(-c4cc5ccccc5c5ccccc45)c3)cc2)cc1. The molecule has 51 heavy (non-hydrogen) atoms. The molecule has 0 N–H and O–H groups in total. The molecule has 0 aliphatic carbocycles. The van der Waals surface area contributed by atoms with Crippen molar-refractivity contribution in [3.05, 3.63) is 212 Å². The van der Waals surface area contributed by atoms with Gasteiger partial charge in [-0.1, -0.05) is 164 Å². The van der Waals surface area contributed by atoms with Gasteiger partial charge in [0.2, 0.25) is 0 Å². The number of hydrogen-bond donors (Lipinski definition) is 0. The molecular formula is C50H35N. The van der Waals surface area contributed by atoms with Gasteiger partial charge in [-0.25, -0.2) is 0 Å². The Bertz CT molecular complexity index is 2550. The molecule has 0 amide bonds. The summed E-state index contributed by atoms with van der Waals surface area (Å²) in [7, 11) is 0. The maximum Gasteiger partial charge on any atom is 0.0473 e. The van der Waals surface area contributed by atoms with Gasteiger partial charge in [-0.15, -0.1) is 0 Å². The van der Waals surface area contributed by atoms with Crippen LogP contribution in [0, 0.1) is 0 Å². The van der Waals surface area contributed by atoms with Gasteiger partial charge in [0.05, 0.1) is 0 Å². The topological polar surface area (TPSA) is 3.24 Å². The third-order valence-electron chi connectivity index (χ3n) is 9.81. The van der Waals surface area contributed by atoms with Crippen LogP contribution in [0.3, 0.4) is 0 Å². The van der Waals surface area contributed by atoms with Crippen molar-refractivity contribution in [1.29, 1.82) is 0 Å². The Morgan fingerprint density at radius 3 is 1.33 bits per heavy atom. The molecule has 0 aliphatic rings. The fourth-order valence-corrected chi connectivity index (χ4v) is 7.32. The highest BCUT2D eigenvalue weighted by atomic mass is 15.1. The maximum atomic E-state index is 2.40. The molecule has 0 saturated carbocycles. The zero-order chi connectivity index (χ0) is 34.0. The van der Waals surface area contributed by atoms with Crippen LogP contribution in [-0.2, 0) is 0 Å². The van der Waals surface area contributed by atoms with E-state index in [9.17, 15) is 0 Å². The van der Waals surface area contributed by atoms with Gasteiger partial charge in [0, 0.05) is 17.1 Å². The molecule has 1 heteroatoms. The van der Waals surface area contributed by atoms with Crippen LogP contribution in [0.1, 0.15) is 0 Å². The van der Waals surface area contributed by atoms with E-state index >= 15 is 0 Å². The quantitative estimate of drug-likeness (QED) is 0.155.